The molecule has 2 aromatic carbocycles. The molecule has 3 aromatic heterocycles. The van der Waals surface area contributed by atoms with E-state index in [1.54, 1.807) is 60.8 Å². The lowest BCUT2D eigenvalue weighted by atomic mass is 9.92. The zero-order valence-electron chi connectivity index (χ0n) is 28.4. The van der Waals surface area contributed by atoms with Gasteiger partial charge in [0.2, 0.25) is 12.7 Å². The average molecular weight is 695 g/mol. The van der Waals surface area contributed by atoms with Crippen molar-refractivity contribution in [3.8, 4) is 5.88 Å². The van der Waals surface area contributed by atoms with E-state index in [0.717, 1.165) is 0 Å². The monoisotopic (exact) mass is 694 g/mol. The van der Waals surface area contributed by atoms with E-state index in [1.807, 2.05) is 26.8 Å². The van der Waals surface area contributed by atoms with Gasteiger partial charge in [-0.05, 0) is 36.6 Å². The van der Waals surface area contributed by atoms with Crippen LogP contribution in [0.1, 0.15) is 78.7 Å². The molecule has 0 fully saturated rings. The van der Waals surface area contributed by atoms with Gasteiger partial charge in [0.25, 0.3) is 5.56 Å². The number of ketones is 1. The van der Waals surface area contributed by atoms with Gasteiger partial charge in [0, 0.05) is 35.6 Å². The van der Waals surface area contributed by atoms with Crippen LogP contribution < -0.4 is 21.0 Å². The van der Waals surface area contributed by atoms with Crippen LogP contribution in [0.2, 0.25) is 0 Å². The van der Waals surface area contributed by atoms with Crippen molar-refractivity contribution >= 4 is 30.2 Å². The van der Waals surface area contributed by atoms with Crippen LogP contribution in [0.25, 0.3) is 12.2 Å². The Bertz CT molecular complexity index is 2160. The molecule has 0 unspecified atom stereocenters. The number of ether oxygens (including phenoxy) is 2. The van der Waals surface area contributed by atoms with Gasteiger partial charge in [-0.2, -0.15) is 0 Å². The highest BCUT2D eigenvalue weighted by molar-refractivity contribution is 6.09. The molecule has 0 spiro atoms. The molecule has 0 bridgehead atoms. The van der Waals surface area contributed by atoms with Crippen molar-refractivity contribution < 1.29 is 33.4 Å². The predicted octanol–water partition coefficient (Wildman–Crippen LogP) is 2.39. The Morgan fingerprint density at radius 2 is 1.86 bits per heavy atom. The lowest BCUT2D eigenvalue weighted by molar-refractivity contribution is -0.150. The van der Waals surface area contributed by atoms with Crippen LogP contribution in [0, 0.1) is 0 Å². The van der Waals surface area contributed by atoms with Crippen LogP contribution in [0.15, 0.2) is 76.4 Å². The molecule has 14 nitrogen and oxygen atoms in total. The molecule has 14 heteroatoms. The molecule has 51 heavy (non-hydrogen) atoms. The minimum absolute atomic E-state index is 0.000174. The molecular weight excluding hydrogens is 656 g/mol. The fourth-order valence-electron chi connectivity index (χ4n) is 5.09. The van der Waals surface area contributed by atoms with Crippen LogP contribution in [0.5, 0.6) is 5.88 Å². The number of nitrogens with zero attached hydrogens (tertiary/aromatic N) is 5. The Kier molecular flexibility index (Phi) is 11.8. The van der Waals surface area contributed by atoms with Crippen molar-refractivity contribution in [2.75, 3.05) is 6.79 Å². The first kappa shape index (κ1) is 36.3. The smallest absolute Gasteiger partial charge is 0.308 e. The number of H-pyrrole nitrogens is 1. The van der Waals surface area contributed by atoms with Gasteiger partial charge in [-0.1, -0.05) is 74.5 Å². The normalized spacial score (nSPS) is 12.9. The van der Waals surface area contributed by atoms with Gasteiger partial charge < -0.3 is 28.8 Å². The van der Waals surface area contributed by atoms with E-state index in [2.05, 4.69) is 25.3 Å². The average Bonchev–Trinajstić information content (AvgIpc) is 3.76. The van der Waals surface area contributed by atoms with Gasteiger partial charge >= 0.3 is 5.97 Å². The quantitative estimate of drug-likeness (QED) is 0.0705. The SMILES string of the molecule is CC(C)(C)c1ocnc1/C=c1\[nH]c(=O)/c(=C/c2cccc(C(=O)c3ccccc3)c2)nc1OCOC(=O)CCCc1cn(C[C@H](O)CC=O)nn1. The molecule has 0 radical (unpaired) electrons. The number of carbonyl (C=O) groups excluding carboxylic acids is 3. The lowest BCUT2D eigenvalue weighted by Gasteiger charge is -2.15. The molecule has 0 amide bonds. The van der Waals surface area contributed by atoms with E-state index in [1.165, 1.54) is 17.2 Å². The number of hydrogen-bond acceptors (Lipinski definition) is 12. The van der Waals surface area contributed by atoms with Gasteiger partial charge in [0.15, 0.2) is 12.2 Å². The largest absolute Gasteiger partial charge is 0.447 e. The maximum Gasteiger partial charge on any atom is 0.308 e. The summed E-state index contributed by atoms with van der Waals surface area (Å²) in [7, 11) is 0. The summed E-state index contributed by atoms with van der Waals surface area (Å²) in [6.07, 6.45) is 6.75. The molecular formula is C37H38N6O8. The second kappa shape index (κ2) is 16.6. The van der Waals surface area contributed by atoms with Gasteiger partial charge in [0.1, 0.15) is 28.4 Å². The van der Waals surface area contributed by atoms with Crippen LogP contribution in [0.4, 0.5) is 0 Å². The standard InChI is InChI=1S/C37H38N6O8/c1-37(2,3)34-29(38-22-49-34)19-31-36(51-23-50-32(46)14-8-13-27-20-43(42-41-27)21-28(45)15-16-44)40-30(35(48)39-31)18-24-9-7-12-26(17-24)33(47)25-10-5-4-6-11-25/h4-7,9-12,16-20,22,28,45H,8,13-15,21,23H2,1-3H3,(H,39,48)/b30-18-,31-19-/t28-/m1/s1. The van der Waals surface area contributed by atoms with E-state index in [-0.39, 0.29) is 41.7 Å². The number of rotatable bonds is 15. The number of benzene rings is 2. The number of carbonyl (C=O) groups is 3. The minimum Gasteiger partial charge on any atom is -0.447 e. The summed E-state index contributed by atoms with van der Waals surface area (Å²) in [5.41, 5.74) is 1.70. The molecule has 0 saturated carbocycles. The molecule has 5 aromatic rings. The number of aliphatic hydroxyl groups is 1. The third kappa shape index (κ3) is 10.0. The van der Waals surface area contributed by atoms with Crippen LogP contribution in [0.3, 0.4) is 0 Å². The van der Waals surface area contributed by atoms with Gasteiger partial charge in [-0.15, -0.1) is 5.10 Å². The van der Waals surface area contributed by atoms with Gasteiger partial charge in [-0.3, -0.25) is 14.4 Å². The zero-order valence-corrected chi connectivity index (χ0v) is 28.4. The maximum absolute atomic E-state index is 13.3. The maximum atomic E-state index is 13.3. The second-order valence-electron chi connectivity index (χ2n) is 12.7. The summed E-state index contributed by atoms with van der Waals surface area (Å²) in [6, 6.07) is 15.7. The lowest BCUT2D eigenvalue weighted by Crippen LogP contribution is -2.38. The third-order valence-electron chi connectivity index (χ3n) is 7.56. The molecule has 0 aliphatic carbocycles. The minimum atomic E-state index is -0.852. The molecule has 0 aliphatic heterocycles. The number of aldehydes is 1. The summed E-state index contributed by atoms with van der Waals surface area (Å²) >= 11 is 0. The van der Waals surface area contributed by atoms with Crippen LogP contribution in [-0.4, -0.2) is 66.0 Å². The Hall–Kier alpha value is -6.02. The van der Waals surface area contributed by atoms with Crippen molar-refractivity contribution in [1.82, 2.24) is 29.9 Å². The van der Waals surface area contributed by atoms with E-state index < -0.39 is 29.8 Å². The van der Waals surface area contributed by atoms with Gasteiger partial charge in [0.05, 0.1) is 18.3 Å². The first-order valence-corrected chi connectivity index (χ1v) is 16.3. The highest BCUT2D eigenvalue weighted by Crippen LogP contribution is 2.25. The van der Waals surface area contributed by atoms with Crippen LogP contribution >= 0.6 is 0 Å². The highest BCUT2D eigenvalue weighted by Gasteiger charge is 2.22. The molecule has 0 aliphatic rings. The number of aromatic nitrogens is 6. The summed E-state index contributed by atoms with van der Waals surface area (Å²) < 4.78 is 18.2. The second-order valence-corrected chi connectivity index (χ2v) is 12.7. The first-order chi connectivity index (χ1) is 24.5. The molecule has 3 heterocycles. The number of aryl methyl sites for hydroxylation is 1. The molecule has 264 valence electrons. The van der Waals surface area contributed by atoms with E-state index in [0.29, 0.717) is 53.0 Å². The number of nitrogens with one attached hydrogen (secondary N) is 1. The topological polar surface area (TPSA) is 192 Å². The Balaban J connectivity index is 1.33. The molecule has 2 N–H and O–H groups in total. The van der Waals surface area contributed by atoms with Crippen molar-refractivity contribution in [2.45, 2.75) is 64.5 Å². The molecule has 1 atom stereocenters. The van der Waals surface area contributed by atoms with E-state index >= 15 is 0 Å². The predicted molar refractivity (Wildman–Crippen MR) is 184 cm³/mol. The van der Waals surface area contributed by atoms with Crippen molar-refractivity contribution in [3.63, 3.8) is 0 Å². The summed E-state index contributed by atoms with van der Waals surface area (Å²) in [4.78, 5) is 61.0. The van der Waals surface area contributed by atoms with E-state index in [4.69, 9.17) is 13.9 Å². The summed E-state index contributed by atoms with van der Waals surface area (Å²) in [5.74, 6) is -0.144. The zero-order chi connectivity index (χ0) is 36.4. The van der Waals surface area contributed by atoms with Crippen molar-refractivity contribution in [1.29, 1.82) is 0 Å². The third-order valence-corrected chi connectivity index (χ3v) is 7.56. The molecule has 0 saturated heterocycles. The first-order valence-electron chi connectivity index (χ1n) is 16.3. The Morgan fingerprint density at radius 3 is 2.63 bits per heavy atom. The summed E-state index contributed by atoms with van der Waals surface area (Å²) in [6.45, 7) is 5.52. The Morgan fingerprint density at radius 1 is 1.08 bits per heavy atom. The summed E-state index contributed by atoms with van der Waals surface area (Å²) in [5, 5.41) is 17.9. The van der Waals surface area contributed by atoms with Gasteiger partial charge in [-0.25, -0.2) is 14.6 Å². The van der Waals surface area contributed by atoms with Crippen molar-refractivity contribution in [3.05, 3.63) is 122 Å². The fourth-order valence-corrected chi connectivity index (χ4v) is 5.09. The van der Waals surface area contributed by atoms with Crippen LogP contribution in [-0.2, 0) is 32.7 Å². The number of oxazole rings is 1. The fraction of sp³-hybridized carbons (Fsp3) is 0.297. The van der Waals surface area contributed by atoms with E-state index in [9.17, 15) is 24.3 Å². The number of esters is 1. The molecule has 5 rings (SSSR count). The number of aliphatic hydroxyl groups excluding tert-OH is 1. The number of hydrogen-bond donors (Lipinski definition) is 2. The van der Waals surface area contributed by atoms with Crippen molar-refractivity contribution in [2.24, 2.45) is 0 Å². The Labute approximate surface area is 292 Å². The highest BCUT2D eigenvalue weighted by atomic mass is 16.7. The number of aromatic amines is 1.